The van der Waals surface area contributed by atoms with Crippen LogP contribution in [-0.4, -0.2) is 23.7 Å². The summed E-state index contributed by atoms with van der Waals surface area (Å²) in [7, 11) is 0. The first kappa shape index (κ1) is 21.7. The van der Waals surface area contributed by atoms with Gasteiger partial charge in [-0.25, -0.2) is 4.98 Å². The largest absolute Gasteiger partial charge is 0.482 e. The number of halogens is 4. The zero-order valence-electron chi connectivity index (χ0n) is 15.9. The zero-order chi connectivity index (χ0) is 21.7. The van der Waals surface area contributed by atoms with E-state index < -0.39 is 18.7 Å². The van der Waals surface area contributed by atoms with E-state index in [0.717, 1.165) is 11.1 Å². The molecule has 0 unspecified atom stereocenters. The number of aryl methyl sites for hydroxylation is 2. The minimum atomic E-state index is -4.50. The van der Waals surface area contributed by atoms with Crippen LogP contribution in [0, 0.1) is 6.92 Å². The number of rotatable bonds is 7. The van der Waals surface area contributed by atoms with E-state index in [-0.39, 0.29) is 29.3 Å². The molecule has 0 spiro atoms. The van der Waals surface area contributed by atoms with Crippen LogP contribution in [-0.2, 0) is 11.2 Å². The van der Waals surface area contributed by atoms with Gasteiger partial charge in [0.2, 0.25) is 5.91 Å². The second-order valence-electron chi connectivity index (χ2n) is 6.58. The highest BCUT2D eigenvalue weighted by Gasteiger charge is 2.29. The molecule has 3 rings (SSSR count). The lowest BCUT2D eigenvalue weighted by molar-refractivity contribution is -0.153. The number of benzene rings is 2. The molecule has 0 aliphatic rings. The van der Waals surface area contributed by atoms with Crippen LogP contribution in [0.5, 0.6) is 5.75 Å². The Hall–Kier alpha value is -3.00. The summed E-state index contributed by atoms with van der Waals surface area (Å²) in [6.45, 7) is 0.503. The Morgan fingerprint density at radius 2 is 1.93 bits per heavy atom. The van der Waals surface area contributed by atoms with E-state index in [9.17, 15) is 18.0 Å². The van der Waals surface area contributed by atoms with Gasteiger partial charge >= 0.3 is 6.18 Å². The maximum absolute atomic E-state index is 12.4. The van der Waals surface area contributed by atoms with Gasteiger partial charge in [-0.05, 0) is 25.1 Å². The minimum Gasteiger partial charge on any atom is -0.482 e. The third-order valence-electron chi connectivity index (χ3n) is 4.06. The van der Waals surface area contributed by atoms with Crippen molar-refractivity contribution < 1.29 is 27.1 Å². The number of anilines is 1. The average molecular weight is 439 g/mol. The van der Waals surface area contributed by atoms with Crippen molar-refractivity contribution >= 4 is 23.2 Å². The Labute approximate surface area is 175 Å². The van der Waals surface area contributed by atoms with Gasteiger partial charge < -0.3 is 14.5 Å². The molecule has 0 atom stereocenters. The fourth-order valence-corrected chi connectivity index (χ4v) is 2.77. The molecule has 0 radical (unpaired) electrons. The number of carbonyl (C=O) groups excluding carboxylic acids is 1. The van der Waals surface area contributed by atoms with Gasteiger partial charge in [-0.15, -0.1) is 0 Å². The topological polar surface area (TPSA) is 64.4 Å². The fraction of sp³-hybridized carbons (Fsp3) is 0.238. The highest BCUT2D eigenvalue weighted by molar-refractivity contribution is 6.31. The van der Waals surface area contributed by atoms with E-state index in [1.807, 2.05) is 31.2 Å². The van der Waals surface area contributed by atoms with Crippen molar-refractivity contribution in [1.29, 1.82) is 0 Å². The molecular formula is C21H18ClF3N2O3. The van der Waals surface area contributed by atoms with E-state index in [1.165, 1.54) is 18.2 Å². The van der Waals surface area contributed by atoms with Crippen LogP contribution < -0.4 is 10.1 Å². The molecule has 0 aliphatic heterocycles. The lowest BCUT2D eigenvalue weighted by atomic mass is 10.1. The standard InChI is InChI=1S/C21H18ClF3N2O3/c1-13-2-4-14(5-3-13)18-11-26-20(30-18)9-8-19(28)27-16-10-15(22)6-7-17(16)29-12-21(23,24)25/h2-7,10-11H,8-9,12H2,1H3,(H,27,28). The molecule has 3 aromatic rings. The Bertz CT molecular complexity index is 1020. The van der Waals surface area contributed by atoms with Gasteiger partial charge in [-0.1, -0.05) is 41.4 Å². The second-order valence-corrected chi connectivity index (χ2v) is 7.01. The molecule has 1 aromatic heterocycles. The number of amides is 1. The molecule has 1 heterocycles. The van der Waals surface area contributed by atoms with E-state index in [1.54, 1.807) is 6.20 Å². The molecular weight excluding hydrogens is 421 g/mol. The summed E-state index contributed by atoms with van der Waals surface area (Å²) in [6.07, 6.45) is -2.69. The van der Waals surface area contributed by atoms with Crippen LogP contribution in [0.1, 0.15) is 17.9 Å². The van der Waals surface area contributed by atoms with Crippen molar-refractivity contribution in [2.45, 2.75) is 25.9 Å². The van der Waals surface area contributed by atoms with E-state index >= 15 is 0 Å². The zero-order valence-corrected chi connectivity index (χ0v) is 16.7. The summed E-state index contributed by atoms with van der Waals surface area (Å²) in [6, 6.07) is 11.7. The molecule has 30 heavy (non-hydrogen) atoms. The van der Waals surface area contributed by atoms with Crippen LogP contribution >= 0.6 is 11.6 Å². The van der Waals surface area contributed by atoms with Crippen LogP contribution in [0.25, 0.3) is 11.3 Å². The SMILES string of the molecule is Cc1ccc(-c2cnc(CCC(=O)Nc3cc(Cl)ccc3OCC(F)(F)F)o2)cc1. The number of ether oxygens (including phenoxy) is 1. The summed E-state index contributed by atoms with van der Waals surface area (Å²) in [5.74, 6) is 0.399. The van der Waals surface area contributed by atoms with Gasteiger partial charge in [0.05, 0.1) is 11.9 Å². The molecule has 5 nitrogen and oxygen atoms in total. The van der Waals surface area contributed by atoms with E-state index in [4.69, 9.17) is 20.8 Å². The average Bonchev–Trinajstić information content (AvgIpc) is 3.15. The van der Waals surface area contributed by atoms with Crippen LogP contribution in [0.3, 0.4) is 0 Å². The number of hydrogen-bond acceptors (Lipinski definition) is 4. The normalized spacial score (nSPS) is 11.4. The number of nitrogens with one attached hydrogen (secondary N) is 1. The van der Waals surface area contributed by atoms with Gasteiger partial charge in [0, 0.05) is 23.4 Å². The number of oxazole rings is 1. The van der Waals surface area contributed by atoms with Crippen molar-refractivity contribution in [1.82, 2.24) is 4.98 Å². The van der Waals surface area contributed by atoms with Gasteiger partial charge in [0.1, 0.15) is 5.75 Å². The third kappa shape index (κ3) is 6.25. The highest BCUT2D eigenvalue weighted by Crippen LogP contribution is 2.30. The molecule has 2 aromatic carbocycles. The highest BCUT2D eigenvalue weighted by atomic mass is 35.5. The Kier molecular flexibility index (Phi) is 6.66. The van der Waals surface area contributed by atoms with Crippen molar-refractivity contribution in [3.8, 4) is 17.1 Å². The molecule has 1 amide bonds. The Morgan fingerprint density at radius 1 is 1.20 bits per heavy atom. The first-order valence-corrected chi connectivity index (χ1v) is 9.38. The number of alkyl halides is 3. The fourth-order valence-electron chi connectivity index (χ4n) is 2.60. The van der Waals surface area contributed by atoms with Crippen LogP contribution in [0.4, 0.5) is 18.9 Å². The number of aromatic nitrogens is 1. The number of carbonyl (C=O) groups is 1. The summed E-state index contributed by atoms with van der Waals surface area (Å²) >= 11 is 5.88. The van der Waals surface area contributed by atoms with Crippen molar-refractivity contribution in [2.24, 2.45) is 0 Å². The molecule has 0 saturated carbocycles. The third-order valence-corrected chi connectivity index (χ3v) is 4.30. The smallest absolute Gasteiger partial charge is 0.422 e. The number of nitrogens with zero attached hydrogens (tertiary/aromatic N) is 1. The first-order valence-electron chi connectivity index (χ1n) is 9.00. The van der Waals surface area contributed by atoms with Gasteiger partial charge in [0.25, 0.3) is 0 Å². The van der Waals surface area contributed by atoms with E-state index in [2.05, 4.69) is 10.3 Å². The molecule has 0 bridgehead atoms. The lowest BCUT2D eigenvalue weighted by Gasteiger charge is -2.14. The first-order chi connectivity index (χ1) is 14.2. The molecule has 0 saturated heterocycles. The molecule has 0 fully saturated rings. The van der Waals surface area contributed by atoms with Gasteiger partial charge in [0.15, 0.2) is 18.3 Å². The minimum absolute atomic E-state index is 0.0130. The quantitative estimate of drug-likeness (QED) is 0.505. The summed E-state index contributed by atoms with van der Waals surface area (Å²) in [5.41, 5.74) is 2.05. The lowest BCUT2D eigenvalue weighted by Crippen LogP contribution is -2.20. The predicted molar refractivity (Wildman–Crippen MR) is 107 cm³/mol. The van der Waals surface area contributed by atoms with Crippen molar-refractivity contribution in [3.63, 3.8) is 0 Å². The van der Waals surface area contributed by atoms with E-state index in [0.29, 0.717) is 11.7 Å². The van der Waals surface area contributed by atoms with Crippen molar-refractivity contribution in [2.75, 3.05) is 11.9 Å². The maximum Gasteiger partial charge on any atom is 0.422 e. The van der Waals surface area contributed by atoms with Crippen LogP contribution in [0.15, 0.2) is 53.1 Å². The summed E-state index contributed by atoms with van der Waals surface area (Å²) in [5, 5.41) is 2.77. The maximum atomic E-state index is 12.4. The van der Waals surface area contributed by atoms with Crippen LogP contribution in [0.2, 0.25) is 5.02 Å². The second kappa shape index (κ2) is 9.21. The molecule has 9 heteroatoms. The Balaban J connectivity index is 1.60. The summed E-state index contributed by atoms with van der Waals surface area (Å²) < 4.78 is 47.7. The van der Waals surface area contributed by atoms with Gasteiger partial charge in [-0.3, -0.25) is 4.79 Å². The Morgan fingerprint density at radius 3 is 2.63 bits per heavy atom. The number of hydrogen-bond donors (Lipinski definition) is 1. The van der Waals surface area contributed by atoms with Crippen molar-refractivity contribution in [3.05, 3.63) is 65.1 Å². The molecule has 0 aliphatic carbocycles. The molecule has 158 valence electrons. The monoisotopic (exact) mass is 438 g/mol. The molecule has 1 N–H and O–H groups in total. The summed E-state index contributed by atoms with van der Waals surface area (Å²) in [4.78, 5) is 16.4. The predicted octanol–water partition coefficient (Wildman–Crippen LogP) is 5.82. The van der Waals surface area contributed by atoms with Gasteiger partial charge in [-0.2, -0.15) is 13.2 Å².